The SMILES string of the molecule is Cc1c(F)cccc1N(Cc1ccc(C(C)(C)C)cc1)C(=O)OC1C2CCC1CN(Cc1ccccc1)C2. The highest BCUT2D eigenvalue weighted by Gasteiger charge is 2.45. The third-order valence-corrected chi connectivity index (χ3v) is 8.22. The molecular formula is C33H39FN2O2. The van der Waals surface area contributed by atoms with Gasteiger partial charge in [-0.1, -0.05) is 81.4 Å². The maximum Gasteiger partial charge on any atom is 0.414 e. The molecule has 1 amide bonds. The Morgan fingerprint density at radius 2 is 1.58 bits per heavy atom. The van der Waals surface area contributed by atoms with E-state index in [0.717, 1.165) is 38.0 Å². The molecule has 5 heteroatoms. The minimum Gasteiger partial charge on any atom is -0.445 e. The maximum atomic E-state index is 14.6. The Morgan fingerprint density at radius 1 is 0.921 bits per heavy atom. The Bertz CT molecular complexity index is 1240. The highest BCUT2D eigenvalue weighted by Crippen LogP contribution is 2.40. The summed E-state index contributed by atoms with van der Waals surface area (Å²) in [6.45, 7) is 11.4. The summed E-state index contributed by atoms with van der Waals surface area (Å²) in [5.41, 5.74) is 4.59. The van der Waals surface area contributed by atoms with E-state index in [2.05, 4.69) is 74.2 Å². The van der Waals surface area contributed by atoms with Gasteiger partial charge in [0.15, 0.2) is 0 Å². The lowest BCUT2D eigenvalue weighted by molar-refractivity contribution is -0.0000916. The monoisotopic (exact) mass is 514 g/mol. The predicted molar refractivity (Wildman–Crippen MR) is 151 cm³/mol. The molecule has 1 aliphatic heterocycles. The van der Waals surface area contributed by atoms with Crippen molar-refractivity contribution in [3.05, 3.63) is 101 Å². The van der Waals surface area contributed by atoms with E-state index >= 15 is 0 Å². The Hall–Kier alpha value is -3.18. The number of carbonyl (C=O) groups excluding carboxylic acids is 1. The fourth-order valence-electron chi connectivity index (χ4n) is 6.04. The molecule has 200 valence electrons. The van der Waals surface area contributed by atoms with Gasteiger partial charge >= 0.3 is 6.09 Å². The molecule has 2 atom stereocenters. The Labute approximate surface area is 226 Å². The fraction of sp³-hybridized carbons (Fsp3) is 0.424. The lowest BCUT2D eigenvalue weighted by Crippen LogP contribution is -2.47. The van der Waals surface area contributed by atoms with Gasteiger partial charge in [-0.05, 0) is 54.0 Å². The summed E-state index contributed by atoms with van der Waals surface area (Å²) in [6.07, 6.45) is 1.65. The Kier molecular flexibility index (Phi) is 7.58. The highest BCUT2D eigenvalue weighted by molar-refractivity contribution is 5.88. The first-order valence-electron chi connectivity index (χ1n) is 13.8. The lowest BCUT2D eigenvalue weighted by Gasteiger charge is -2.38. The van der Waals surface area contributed by atoms with Crippen LogP contribution in [0.15, 0.2) is 72.8 Å². The van der Waals surface area contributed by atoms with Gasteiger partial charge in [0.05, 0.1) is 12.2 Å². The molecule has 0 aromatic heterocycles. The number of carbonyl (C=O) groups is 1. The van der Waals surface area contributed by atoms with Crippen LogP contribution in [0.2, 0.25) is 0 Å². The molecule has 2 aliphatic rings. The van der Waals surface area contributed by atoms with Crippen molar-refractivity contribution in [1.29, 1.82) is 0 Å². The van der Waals surface area contributed by atoms with E-state index in [-0.39, 0.29) is 17.3 Å². The second kappa shape index (κ2) is 10.9. The van der Waals surface area contributed by atoms with Crippen molar-refractivity contribution in [1.82, 2.24) is 4.90 Å². The third-order valence-electron chi connectivity index (χ3n) is 8.22. The lowest BCUT2D eigenvalue weighted by atomic mass is 9.87. The van der Waals surface area contributed by atoms with Crippen molar-refractivity contribution in [3.8, 4) is 0 Å². The van der Waals surface area contributed by atoms with Crippen molar-refractivity contribution in [2.45, 2.75) is 65.1 Å². The van der Waals surface area contributed by atoms with Crippen LogP contribution in [0.3, 0.4) is 0 Å². The molecule has 1 saturated carbocycles. The predicted octanol–water partition coefficient (Wildman–Crippen LogP) is 7.49. The minimum atomic E-state index is -0.392. The van der Waals surface area contributed by atoms with Crippen molar-refractivity contribution < 1.29 is 13.9 Å². The zero-order valence-corrected chi connectivity index (χ0v) is 23.0. The number of rotatable bonds is 6. The molecule has 0 N–H and O–H groups in total. The van der Waals surface area contributed by atoms with Crippen LogP contribution in [0.5, 0.6) is 0 Å². The zero-order chi connectivity index (χ0) is 26.9. The van der Waals surface area contributed by atoms with Gasteiger partial charge in [-0.2, -0.15) is 0 Å². The van der Waals surface area contributed by atoms with E-state index in [1.54, 1.807) is 24.0 Å². The van der Waals surface area contributed by atoms with Gasteiger partial charge in [0.2, 0.25) is 0 Å². The van der Waals surface area contributed by atoms with Gasteiger partial charge < -0.3 is 4.74 Å². The summed E-state index contributed by atoms with van der Waals surface area (Å²) >= 11 is 0. The molecule has 38 heavy (non-hydrogen) atoms. The van der Waals surface area contributed by atoms with E-state index in [9.17, 15) is 9.18 Å². The average molecular weight is 515 g/mol. The largest absolute Gasteiger partial charge is 0.445 e. The molecule has 4 nitrogen and oxygen atoms in total. The second-order valence-electron chi connectivity index (χ2n) is 12.0. The molecule has 2 unspecified atom stereocenters. The average Bonchev–Trinajstić information content (AvgIpc) is 3.11. The standard InChI is InChI=1S/C33H39FN2O2/c1-23-29(34)11-8-12-30(23)36(20-25-13-17-28(18-14-25)33(2,3)4)32(37)38-31-26-15-16-27(31)22-35(21-26)19-24-9-6-5-7-10-24/h5-14,17-18,26-27,31H,15-16,19-22H2,1-4H3. The van der Waals surface area contributed by atoms with E-state index in [4.69, 9.17) is 4.74 Å². The zero-order valence-electron chi connectivity index (χ0n) is 23.0. The van der Waals surface area contributed by atoms with Gasteiger partial charge in [0, 0.05) is 37.0 Å². The number of ether oxygens (including phenoxy) is 1. The number of hydrogen-bond donors (Lipinski definition) is 0. The number of nitrogens with zero attached hydrogens (tertiary/aromatic N) is 2. The molecule has 5 rings (SSSR count). The van der Waals surface area contributed by atoms with Gasteiger partial charge in [-0.15, -0.1) is 0 Å². The van der Waals surface area contributed by atoms with Crippen molar-refractivity contribution in [2.24, 2.45) is 11.8 Å². The summed E-state index contributed by atoms with van der Waals surface area (Å²) in [6, 6.07) is 23.8. The smallest absolute Gasteiger partial charge is 0.414 e. The van der Waals surface area contributed by atoms with E-state index in [1.165, 1.54) is 17.2 Å². The molecule has 0 radical (unpaired) electrons. The first kappa shape index (κ1) is 26.4. The molecule has 3 aromatic rings. The van der Waals surface area contributed by atoms with Crippen LogP contribution in [0.1, 0.15) is 55.9 Å². The quantitative estimate of drug-likeness (QED) is 0.342. The highest BCUT2D eigenvalue weighted by atomic mass is 19.1. The molecule has 2 bridgehead atoms. The summed E-state index contributed by atoms with van der Waals surface area (Å²) < 4.78 is 20.8. The number of fused-ring (bicyclic) bond motifs is 2. The minimum absolute atomic E-state index is 0.0466. The number of piperidine rings is 1. The number of likely N-dealkylation sites (tertiary alicyclic amines) is 1. The number of anilines is 1. The van der Waals surface area contributed by atoms with Crippen LogP contribution in [-0.2, 0) is 23.2 Å². The van der Waals surface area contributed by atoms with E-state index in [0.29, 0.717) is 29.6 Å². The van der Waals surface area contributed by atoms with Gasteiger partial charge in [0.25, 0.3) is 0 Å². The van der Waals surface area contributed by atoms with Crippen LogP contribution < -0.4 is 4.90 Å². The van der Waals surface area contributed by atoms with Gasteiger partial charge in [-0.3, -0.25) is 9.80 Å². The molecule has 3 aromatic carbocycles. The van der Waals surface area contributed by atoms with Crippen molar-refractivity contribution in [2.75, 3.05) is 18.0 Å². The summed E-state index contributed by atoms with van der Waals surface area (Å²) in [5, 5.41) is 0. The van der Waals surface area contributed by atoms with Crippen LogP contribution in [-0.4, -0.2) is 30.2 Å². The van der Waals surface area contributed by atoms with E-state index in [1.807, 2.05) is 6.07 Å². The van der Waals surface area contributed by atoms with Gasteiger partial charge in [-0.25, -0.2) is 9.18 Å². The summed E-state index contributed by atoms with van der Waals surface area (Å²) in [4.78, 5) is 17.9. The first-order valence-corrected chi connectivity index (χ1v) is 13.8. The fourth-order valence-corrected chi connectivity index (χ4v) is 6.04. The topological polar surface area (TPSA) is 32.8 Å². The maximum absolute atomic E-state index is 14.6. The van der Waals surface area contributed by atoms with Crippen LogP contribution >= 0.6 is 0 Å². The van der Waals surface area contributed by atoms with Crippen molar-refractivity contribution >= 4 is 11.8 Å². The molecule has 1 aliphatic carbocycles. The van der Waals surface area contributed by atoms with Gasteiger partial charge in [0.1, 0.15) is 11.9 Å². The van der Waals surface area contributed by atoms with Crippen LogP contribution in [0, 0.1) is 24.6 Å². The summed E-state index contributed by atoms with van der Waals surface area (Å²) in [5.74, 6) is 0.323. The van der Waals surface area contributed by atoms with Crippen LogP contribution in [0.4, 0.5) is 14.9 Å². The molecular weight excluding hydrogens is 475 g/mol. The number of benzene rings is 3. The summed E-state index contributed by atoms with van der Waals surface area (Å²) in [7, 11) is 0. The number of hydrogen-bond acceptors (Lipinski definition) is 3. The molecule has 1 heterocycles. The Morgan fingerprint density at radius 3 is 2.21 bits per heavy atom. The third kappa shape index (κ3) is 5.78. The normalized spacial score (nSPS) is 21.3. The first-order chi connectivity index (χ1) is 18.2. The number of halogens is 1. The van der Waals surface area contributed by atoms with E-state index < -0.39 is 6.09 Å². The Balaban J connectivity index is 1.33. The molecule has 0 spiro atoms. The molecule has 2 fully saturated rings. The van der Waals surface area contributed by atoms with Crippen molar-refractivity contribution in [3.63, 3.8) is 0 Å². The van der Waals surface area contributed by atoms with Crippen LogP contribution in [0.25, 0.3) is 0 Å². The molecule has 1 saturated heterocycles. The second-order valence-corrected chi connectivity index (χ2v) is 12.0. The number of amides is 1.